The molecule has 5 nitrogen and oxygen atoms in total. The molecule has 1 fully saturated rings. The molecule has 0 bridgehead atoms. The van der Waals surface area contributed by atoms with Gasteiger partial charge in [0.25, 0.3) is 0 Å². The first kappa shape index (κ1) is 10.3. The SMILES string of the molecule is CNc1cc(-n2ccc(C3CC3)n2)nc(C)n1. The third-order valence-corrected chi connectivity index (χ3v) is 2.92. The van der Waals surface area contributed by atoms with E-state index in [9.17, 15) is 0 Å². The van der Waals surface area contributed by atoms with Crippen molar-refractivity contribution in [3.8, 4) is 5.82 Å². The molecule has 0 unspecified atom stereocenters. The Balaban J connectivity index is 1.98. The molecule has 1 aliphatic rings. The van der Waals surface area contributed by atoms with Crippen molar-refractivity contribution in [1.29, 1.82) is 0 Å². The molecule has 2 aromatic rings. The normalized spacial score (nSPS) is 14.9. The van der Waals surface area contributed by atoms with E-state index in [-0.39, 0.29) is 0 Å². The molecule has 1 saturated carbocycles. The Bertz CT molecular complexity index is 542. The fourth-order valence-electron chi connectivity index (χ4n) is 1.86. The summed E-state index contributed by atoms with van der Waals surface area (Å²) in [7, 11) is 1.85. The zero-order chi connectivity index (χ0) is 11.8. The zero-order valence-electron chi connectivity index (χ0n) is 10.0. The van der Waals surface area contributed by atoms with Crippen LogP contribution in [-0.4, -0.2) is 26.8 Å². The Hall–Kier alpha value is -1.91. The van der Waals surface area contributed by atoms with Gasteiger partial charge in [0.2, 0.25) is 0 Å². The standard InChI is InChI=1S/C12H15N5/c1-8-14-11(13-2)7-12(15-8)17-6-5-10(16-17)9-3-4-9/h5-7,9H,3-4H2,1-2H3,(H,13,14,15). The first-order valence-electron chi connectivity index (χ1n) is 5.85. The second-order valence-corrected chi connectivity index (χ2v) is 4.37. The maximum atomic E-state index is 4.56. The van der Waals surface area contributed by atoms with E-state index >= 15 is 0 Å². The molecule has 0 aliphatic heterocycles. The van der Waals surface area contributed by atoms with E-state index in [2.05, 4.69) is 26.4 Å². The quantitative estimate of drug-likeness (QED) is 0.873. The molecule has 1 N–H and O–H groups in total. The van der Waals surface area contributed by atoms with Crippen LogP contribution in [0.15, 0.2) is 18.3 Å². The Labute approximate surface area is 99.9 Å². The molecule has 3 rings (SSSR count). The number of hydrogen-bond acceptors (Lipinski definition) is 4. The van der Waals surface area contributed by atoms with Gasteiger partial charge in [0.1, 0.15) is 11.6 Å². The van der Waals surface area contributed by atoms with Crippen LogP contribution in [0.2, 0.25) is 0 Å². The van der Waals surface area contributed by atoms with Crippen molar-refractivity contribution in [2.75, 3.05) is 12.4 Å². The van der Waals surface area contributed by atoms with E-state index in [1.54, 1.807) is 0 Å². The molecule has 0 atom stereocenters. The summed E-state index contributed by atoms with van der Waals surface area (Å²) < 4.78 is 1.82. The fourth-order valence-corrected chi connectivity index (χ4v) is 1.86. The van der Waals surface area contributed by atoms with E-state index in [0.717, 1.165) is 17.5 Å². The summed E-state index contributed by atoms with van der Waals surface area (Å²) in [6.45, 7) is 1.88. The molecule has 2 aromatic heterocycles. The minimum Gasteiger partial charge on any atom is -0.373 e. The number of rotatable bonds is 3. The van der Waals surface area contributed by atoms with E-state index in [0.29, 0.717) is 5.92 Å². The number of aryl methyl sites for hydroxylation is 1. The van der Waals surface area contributed by atoms with Crippen molar-refractivity contribution < 1.29 is 0 Å². The van der Waals surface area contributed by atoms with Gasteiger partial charge in [0.15, 0.2) is 5.82 Å². The molecule has 5 heteroatoms. The van der Waals surface area contributed by atoms with Crippen molar-refractivity contribution in [2.45, 2.75) is 25.7 Å². The summed E-state index contributed by atoms with van der Waals surface area (Å²) in [6.07, 6.45) is 4.50. The smallest absolute Gasteiger partial charge is 0.159 e. The molecule has 88 valence electrons. The molecule has 2 heterocycles. The Morgan fingerprint density at radius 3 is 2.88 bits per heavy atom. The summed E-state index contributed by atoms with van der Waals surface area (Å²) in [6, 6.07) is 3.98. The average Bonchev–Trinajstić information content (AvgIpc) is 3.06. The maximum absolute atomic E-state index is 4.56. The van der Waals surface area contributed by atoms with Crippen LogP contribution in [0.4, 0.5) is 5.82 Å². The third-order valence-electron chi connectivity index (χ3n) is 2.92. The second-order valence-electron chi connectivity index (χ2n) is 4.37. The third kappa shape index (κ3) is 2.00. The Morgan fingerprint density at radius 1 is 1.35 bits per heavy atom. The highest BCUT2D eigenvalue weighted by molar-refractivity contribution is 5.40. The lowest BCUT2D eigenvalue weighted by Crippen LogP contribution is -2.04. The van der Waals surface area contributed by atoms with Crippen LogP contribution in [0.25, 0.3) is 5.82 Å². The lowest BCUT2D eigenvalue weighted by atomic mass is 10.3. The summed E-state index contributed by atoms with van der Waals surface area (Å²) >= 11 is 0. The highest BCUT2D eigenvalue weighted by Gasteiger charge is 2.26. The van der Waals surface area contributed by atoms with Crippen LogP contribution in [0.3, 0.4) is 0 Å². The monoisotopic (exact) mass is 229 g/mol. The summed E-state index contributed by atoms with van der Waals surface area (Å²) in [4.78, 5) is 8.66. The van der Waals surface area contributed by atoms with Gasteiger partial charge in [-0.15, -0.1) is 0 Å². The molecule has 0 aromatic carbocycles. The fraction of sp³-hybridized carbons (Fsp3) is 0.417. The predicted molar refractivity (Wildman–Crippen MR) is 65.4 cm³/mol. The Kier molecular flexibility index (Phi) is 2.31. The van der Waals surface area contributed by atoms with Crippen molar-refractivity contribution >= 4 is 5.82 Å². The number of nitrogens with one attached hydrogen (secondary N) is 1. The second kappa shape index (κ2) is 3.84. The summed E-state index contributed by atoms with van der Waals surface area (Å²) in [5.41, 5.74) is 1.17. The topological polar surface area (TPSA) is 55.6 Å². The van der Waals surface area contributed by atoms with Gasteiger partial charge in [-0.05, 0) is 25.8 Å². The van der Waals surface area contributed by atoms with Crippen molar-refractivity contribution in [3.05, 3.63) is 29.8 Å². The highest BCUT2D eigenvalue weighted by Crippen LogP contribution is 2.38. The number of nitrogens with zero attached hydrogens (tertiary/aromatic N) is 4. The van der Waals surface area contributed by atoms with Crippen LogP contribution < -0.4 is 5.32 Å². The minimum atomic E-state index is 0.669. The van der Waals surface area contributed by atoms with Crippen molar-refractivity contribution in [1.82, 2.24) is 19.7 Å². The van der Waals surface area contributed by atoms with E-state index in [1.165, 1.54) is 18.5 Å². The summed E-state index contributed by atoms with van der Waals surface area (Å²) in [5.74, 6) is 3.04. The molecule has 17 heavy (non-hydrogen) atoms. The first-order valence-corrected chi connectivity index (χ1v) is 5.85. The summed E-state index contributed by atoms with van der Waals surface area (Å²) in [5, 5.41) is 7.59. The molecule has 0 spiro atoms. The van der Waals surface area contributed by atoms with Gasteiger partial charge >= 0.3 is 0 Å². The van der Waals surface area contributed by atoms with Crippen molar-refractivity contribution in [3.63, 3.8) is 0 Å². The van der Waals surface area contributed by atoms with Gasteiger partial charge in [-0.25, -0.2) is 14.6 Å². The maximum Gasteiger partial charge on any atom is 0.159 e. The van der Waals surface area contributed by atoms with Gasteiger partial charge in [-0.3, -0.25) is 0 Å². The van der Waals surface area contributed by atoms with E-state index in [4.69, 9.17) is 0 Å². The molecule has 0 radical (unpaired) electrons. The van der Waals surface area contributed by atoms with Gasteiger partial charge in [0.05, 0.1) is 5.69 Å². The van der Waals surface area contributed by atoms with E-state index < -0.39 is 0 Å². The largest absolute Gasteiger partial charge is 0.373 e. The lowest BCUT2D eigenvalue weighted by molar-refractivity contribution is 0.801. The van der Waals surface area contributed by atoms with Crippen molar-refractivity contribution in [2.24, 2.45) is 0 Å². The van der Waals surface area contributed by atoms with Gasteiger partial charge in [-0.1, -0.05) is 0 Å². The first-order chi connectivity index (χ1) is 8.26. The van der Waals surface area contributed by atoms with Gasteiger partial charge in [0, 0.05) is 25.2 Å². The van der Waals surface area contributed by atoms with Crippen LogP contribution in [0.5, 0.6) is 0 Å². The average molecular weight is 229 g/mol. The number of anilines is 1. The van der Waals surface area contributed by atoms with Crippen LogP contribution in [0, 0.1) is 6.92 Å². The number of hydrogen-bond donors (Lipinski definition) is 1. The molecule has 0 amide bonds. The van der Waals surface area contributed by atoms with Gasteiger partial charge < -0.3 is 5.32 Å². The van der Waals surface area contributed by atoms with Crippen LogP contribution in [0.1, 0.15) is 30.3 Å². The predicted octanol–water partition coefficient (Wildman–Crippen LogP) is 1.89. The lowest BCUT2D eigenvalue weighted by Gasteiger charge is -2.05. The molecule has 0 saturated heterocycles. The van der Waals surface area contributed by atoms with E-state index in [1.807, 2.05) is 30.9 Å². The number of aromatic nitrogens is 4. The zero-order valence-corrected chi connectivity index (χ0v) is 10.0. The van der Waals surface area contributed by atoms with Crippen LogP contribution in [-0.2, 0) is 0 Å². The molecule has 1 aliphatic carbocycles. The van der Waals surface area contributed by atoms with Gasteiger partial charge in [-0.2, -0.15) is 5.10 Å². The minimum absolute atomic E-state index is 0.669. The molecular weight excluding hydrogens is 214 g/mol. The Morgan fingerprint density at radius 2 is 2.18 bits per heavy atom. The highest BCUT2D eigenvalue weighted by atomic mass is 15.3. The molecular formula is C12H15N5. The van der Waals surface area contributed by atoms with Crippen LogP contribution >= 0.6 is 0 Å².